The van der Waals surface area contributed by atoms with Gasteiger partial charge in [-0.15, -0.1) is 0 Å². The maximum absolute atomic E-state index is 13.8. The van der Waals surface area contributed by atoms with Crippen LogP contribution >= 0.6 is 0 Å². The molecule has 114 valence electrons. The minimum Gasteiger partial charge on any atom is -0.384 e. The van der Waals surface area contributed by atoms with Crippen molar-refractivity contribution in [2.24, 2.45) is 0 Å². The van der Waals surface area contributed by atoms with Crippen LogP contribution in [0.1, 0.15) is 10.5 Å². The number of halogens is 1. The van der Waals surface area contributed by atoms with Gasteiger partial charge in [-0.25, -0.2) is 9.37 Å². The van der Waals surface area contributed by atoms with E-state index < -0.39 is 0 Å². The molecule has 1 saturated heterocycles. The van der Waals surface area contributed by atoms with Gasteiger partial charge in [-0.2, -0.15) is 0 Å². The molecule has 1 aliphatic heterocycles. The first-order chi connectivity index (χ1) is 10.6. The van der Waals surface area contributed by atoms with Crippen LogP contribution in [0.4, 0.5) is 15.9 Å². The first-order valence-corrected chi connectivity index (χ1v) is 7.16. The molecule has 1 amide bonds. The first-order valence-electron chi connectivity index (χ1n) is 7.16. The molecule has 1 aliphatic rings. The van der Waals surface area contributed by atoms with Gasteiger partial charge < -0.3 is 15.5 Å². The van der Waals surface area contributed by atoms with Gasteiger partial charge in [0.1, 0.15) is 17.3 Å². The number of nitrogens with two attached hydrogens (primary N) is 1. The third-order valence-corrected chi connectivity index (χ3v) is 3.75. The minimum absolute atomic E-state index is 0.138. The zero-order chi connectivity index (χ0) is 15.5. The zero-order valence-corrected chi connectivity index (χ0v) is 12.1. The molecule has 1 fully saturated rings. The Hall–Kier alpha value is -2.63. The number of hydrogen-bond acceptors (Lipinski definition) is 4. The summed E-state index contributed by atoms with van der Waals surface area (Å²) in [5.74, 6) is -0.0453. The van der Waals surface area contributed by atoms with Crippen LogP contribution < -0.4 is 10.6 Å². The Morgan fingerprint density at radius 1 is 1.05 bits per heavy atom. The molecule has 0 spiro atoms. The van der Waals surface area contributed by atoms with Crippen molar-refractivity contribution in [1.29, 1.82) is 0 Å². The van der Waals surface area contributed by atoms with Crippen LogP contribution in [0.2, 0.25) is 0 Å². The lowest BCUT2D eigenvalue weighted by molar-refractivity contribution is 0.0741. The Labute approximate surface area is 128 Å². The first kappa shape index (κ1) is 14.3. The molecule has 3 rings (SSSR count). The van der Waals surface area contributed by atoms with Crippen molar-refractivity contribution in [2.45, 2.75) is 0 Å². The number of anilines is 2. The van der Waals surface area contributed by atoms with Gasteiger partial charge in [0.25, 0.3) is 5.91 Å². The summed E-state index contributed by atoms with van der Waals surface area (Å²) in [7, 11) is 0. The number of para-hydroxylation sites is 1. The van der Waals surface area contributed by atoms with E-state index in [4.69, 9.17) is 5.73 Å². The third kappa shape index (κ3) is 2.86. The lowest BCUT2D eigenvalue weighted by atomic mass is 10.2. The van der Waals surface area contributed by atoms with E-state index in [2.05, 4.69) is 4.98 Å². The van der Waals surface area contributed by atoms with E-state index in [0.717, 1.165) is 0 Å². The van der Waals surface area contributed by atoms with Gasteiger partial charge in [-0.05, 0) is 24.3 Å². The SMILES string of the molecule is Nc1cccc(C(=O)N2CCN(c3ccccc3F)CC2)n1. The van der Waals surface area contributed by atoms with E-state index in [1.165, 1.54) is 6.07 Å². The van der Waals surface area contributed by atoms with E-state index in [9.17, 15) is 9.18 Å². The van der Waals surface area contributed by atoms with E-state index in [1.54, 1.807) is 35.2 Å². The van der Waals surface area contributed by atoms with E-state index in [-0.39, 0.29) is 11.7 Å². The number of nitrogens with zero attached hydrogens (tertiary/aromatic N) is 3. The van der Waals surface area contributed by atoms with Crippen molar-refractivity contribution in [3.05, 3.63) is 54.0 Å². The Morgan fingerprint density at radius 3 is 2.45 bits per heavy atom. The maximum Gasteiger partial charge on any atom is 0.272 e. The van der Waals surface area contributed by atoms with Crippen molar-refractivity contribution < 1.29 is 9.18 Å². The zero-order valence-electron chi connectivity index (χ0n) is 12.1. The predicted molar refractivity (Wildman–Crippen MR) is 83.2 cm³/mol. The van der Waals surface area contributed by atoms with Gasteiger partial charge >= 0.3 is 0 Å². The molecule has 2 N–H and O–H groups in total. The Morgan fingerprint density at radius 2 is 1.77 bits per heavy atom. The fraction of sp³-hybridized carbons (Fsp3) is 0.250. The number of piperazine rings is 1. The number of amides is 1. The average molecular weight is 300 g/mol. The Kier molecular flexibility index (Phi) is 3.91. The maximum atomic E-state index is 13.8. The van der Waals surface area contributed by atoms with Crippen molar-refractivity contribution in [2.75, 3.05) is 36.8 Å². The van der Waals surface area contributed by atoms with E-state index >= 15 is 0 Å². The van der Waals surface area contributed by atoms with Crippen LogP contribution in [-0.2, 0) is 0 Å². The fourth-order valence-corrected chi connectivity index (χ4v) is 2.59. The number of carbonyl (C=O) groups excluding carboxylic acids is 1. The summed E-state index contributed by atoms with van der Waals surface area (Å²) in [6, 6.07) is 11.7. The lowest BCUT2D eigenvalue weighted by Crippen LogP contribution is -2.49. The summed E-state index contributed by atoms with van der Waals surface area (Å²) in [4.78, 5) is 20.1. The normalized spacial score (nSPS) is 15.0. The van der Waals surface area contributed by atoms with Crippen LogP contribution in [-0.4, -0.2) is 42.0 Å². The van der Waals surface area contributed by atoms with E-state index in [0.29, 0.717) is 43.4 Å². The highest BCUT2D eigenvalue weighted by molar-refractivity contribution is 5.92. The highest BCUT2D eigenvalue weighted by atomic mass is 19.1. The second-order valence-electron chi connectivity index (χ2n) is 5.18. The third-order valence-electron chi connectivity index (χ3n) is 3.75. The van der Waals surface area contributed by atoms with Crippen LogP contribution in [0.25, 0.3) is 0 Å². The summed E-state index contributed by atoms with van der Waals surface area (Å²) >= 11 is 0. The molecule has 2 aromatic rings. The van der Waals surface area contributed by atoms with Crippen molar-refractivity contribution in [3.63, 3.8) is 0 Å². The van der Waals surface area contributed by atoms with Crippen molar-refractivity contribution in [1.82, 2.24) is 9.88 Å². The highest BCUT2D eigenvalue weighted by Gasteiger charge is 2.24. The number of benzene rings is 1. The predicted octanol–water partition coefficient (Wildman–Crippen LogP) is 1.77. The van der Waals surface area contributed by atoms with Gasteiger partial charge in [0, 0.05) is 26.2 Å². The molecule has 1 aromatic carbocycles. The molecule has 0 aliphatic carbocycles. The molecule has 0 unspecified atom stereocenters. The molecular weight excluding hydrogens is 283 g/mol. The second kappa shape index (κ2) is 6.01. The van der Waals surface area contributed by atoms with Gasteiger partial charge in [0.15, 0.2) is 0 Å². The smallest absolute Gasteiger partial charge is 0.272 e. The van der Waals surface area contributed by atoms with Crippen molar-refractivity contribution >= 4 is 17.4 Å². The number of aromatic nitrogens is 1. The quantitative estimate of drug-likeness (QED) is 0.918. The second-order valence-corrected chi connectivity index (χ2v) is 5.18. The molecule has 0 saturated carbocycles. The number of pyridine rings is 1. The molecule has 6 heteroatoms. The van der Waals surface area contributed by atoms with E-state index in [1.807, 2.05) is 11.0 Å². The standard InChI is InChI=1S/C16H17FN4O/c17-12-4-1-2-6-14(12)20-8-10-21(11-9-20)16(22)13-5-3-7-15(18)19-13/h1-7H,8-11H2,(H2,18,19). The topological polar surface area (TPSA) is 62.5 Å². The van der Waals surface area contributed by atoms with Crippen LogP contribution in [0.5, 0.6) is 0 Å². The monoisotopic (exact) mass is 300 g/mol. The molecule has 5 nitrogen and oxygen atoms in total. The number of hydrogen-bond donors (Lipinski definition) is 1. The number of carbonyl (C=O) groups is 1. The molecule has 0 bridgehead atoms. The van der Waals surface area contributed by atoms with Crippen LogP contribution in [0, 0.1) is 5.82 Å². The molecule has 0 atom stereocenters. The highest BCUT2D eigenvalue weighted by Crippen LogP contribution is 2.20. The fourth-order valence-electron chi connectivity index (χ4n) is 2.59. The molecule has 22 heavy (non-hydrogen) atoms. The van der Waals surface area contributed by atoms with Gasteiger partial charge in [-0.3, -0.25) is 4.79 Å². The summed E-state index contributed by atoms with van der Waals surface area (Å²) in [6.45, 7) is 2.25. The average Bonchev–Trinajstić information content (AvgIpc) is 2.55. The number of rotatable bonds is 2. The lowest BCUT2D eigenvalue weighted by Gasteiger charge is -2.36. The van der Waals surface area contributed by atoms with Gasteiger partial charge in [0.05, 0.1) is 5.69 Å². The molecular formula is C16H17FN4O. The number of nitrogen functional groups attached to an aromatic ring is 1. The Bertz CT molecular complexity index is 683. The summed E-state index contributed by atoms with van der Waals surface area (Å²) < 4.78 is 13.8. The minimum atomic E-state index is -0.236. The van der Waals surface area contributed by atoms with Crippen LogP contribution in [0.3, 0.4) is 0 Å². The van der Waals surface area contributed by atoms with Gasteiger partial charge in [0.2, 0.25) is 0 Å². The Balaban J connectivity index is 1.67. The molecule has 2 heterocycles. The summed E-state index contributed by atoms with van der Waals surface area (Å²) in [5, 5.41) is 0. The summed E-state index contributed by atoms with van der Waals surface area (Å²) in [6.07, 6.45) is 0. The largest absolute Gasteiger partial charge is 0.384 e. The molecule has 1 aromatic heterocycles. The summed E-state index contributed by atoms with van der Waals surface area (Å²) in [5.41, 5.74) is 6.54. The molecule has 0 radical (unpaired) electrons. The van der Waals surface area contributed by atoms with Crippen molar-refractivity contribution in [3.8, 4) is 0 Å². The van der Waals surface area contributed by atoms with Gasteiger partial charge in [-0.1, -0.05) is 18.2 Å². The van der Waals surface area contributed by atoms with Crippen LogP contribution in [0.15, 0.2) is 42.5 Å².